The number of halogens is 1. The van der Waals surface area contributed by atoms with E-state index >= 15 is 0 Å². The fourth-order valence-electron chi connectivity index (χ4n) is 1.62. The van der Waals surface area contributed by atoms with Crippen molar-refractivity contribution < 1.29 is 4.74 Å². The lowest BCUT2D eigenvalue weighted by molar-refractivity contribution is 0.318. The largest absolute Gasteiger partial charge is 0.494 e. The summed E-state index contributed by atoms with van der Waals surface area (Å²) in [5, 5.41) is 4.25. The third-order valence-corrected chi connectivity index (χ3v) is 2.86. The summed E-state index contributed by atoms with van der Waals surface area (Å²) in [7, 11) is 0. The molecule has 0 fully saturated rings. The summed E-state index contributed by atoms with van der Waals surface area (Å²) >= 11 is 5.59. The highest BCUT2D eigenvalue weighted by atomic mass is 35.5. The summed E-state index contributed by atoms with van der Waals surface area (Å²) in [6, 6.07) is 7.66. The van der Waals surface area contributed by atoms with Gasteiger partial charge in [-0.3, -0.25) is 0 Å². The molecule has 0 radical (unpaired) electrons. The molecule has 2 aromatic rings. The third-order valence-electron chi connectivity index (χ3n) is 2.59. The molecule has 0 spiro atoms. The predicted octanol–water partition coefficient (Wildman–Crippen LogP) is 2.66. The van der Waals surface area contributed by atoms with Crippen molar-refractivity contribution in [3.05, 3.63) is 41.7 Å². The fourth-order valence-corrected chi connectivity index (χ4v) is 1.73. The highest BCUT2D eigenvalue weighted by Crippen LogP contribution is 2.12. The molecule has 0 aliphatic rings. The Morgan fingerprint density at radius 2 is 2.15 bits per heavy atom. The standard InChI is InChI=1S/C14H17ClN4O/c1-11-10-19(14(16)18-11)17-9-12-3-5-13(6-4-12)20-8-2-7-15/h3-6,9-10H,2,7-8H2,1H3,(H2,16,18). The molecule has 20 heavy (non-hydrogen) atoms. The van der Waals surface area contributed by atoms with Crippen molar-refractivity contribution in [3.8, 4) is 5.75 Å². The first-order valence-electron chi connectivity index (χ1n) is 6.33. The van der Waals surface area contributed by atoms with Crippen LogP contribution in [0.3, 0.4) is 0 Å². The van der Waals surface area contributed by atoms with Crippen LogP contribution in [0, 0.1) is 6.92 Å². The van der Waals surface area contributed by atoms with E-state index in [0.29, 0.717) is 18.4 Å². The zero-order valence-corrected chi connectivity index (χ0v) is 12.0. The summed E-state index contributed by atoms with van der Waals surface area (Å²) in [6.07, 6.45) is 4.33. The molecule has 0 saturated heterocycles. The van der Waals surface area contributed by atoms with Crippen molar-refractivity contribution in [2.75, 3.05) is 18.2 Å². The maximum absolute atomic E-state index is 5.71. The maximum Gasteiger partial charge on any atom is 0.221 e. The topological polar surface area (TPSA) is 65.4 Å². The molecule has 5 nitrogen and oxygen atoms in total. The van der Waals surface area contributed by atoms with Crippen LogP contribution in [0.25, 0.3) is 0 Å². The molecule has 0 saturated carbocycles. The maximum atomic E-state index is 5.71. The normalized spacial score (nSPS) is 11.1. The van der Waals surface area contributed by atoms with Gasteiger partial charge in [0, 0.05) is 5.88 Å². The van der Waals surface area contributed by atoms with Crippen LogP contribution in [-0.4, -0.2) is 28.4 Å². The van der Waals surface area contributed by atoms with Crippen LogP contribution < -0.4 is 10.5 Å². The van der Waals surface area contributed by atoms with Crippen LogP contribution in [0.5, 0.6) is 5.75 Å². The number of nitrogens with two attached hydrogens (primary N) is 1. The number of benzene rings is 1. The molecule has 0 aliphatic carbocycles. The fraction of sp³-hybridized carbons (Fsp3) is 0.286. The first kappa shape index (κ1) is 14.4. The average molecular weight is 293 g/mol. The Kier molecular flexibility index (Phi) is 5.01. The Hall–Kier alpha value is -2.01. The number of hydrogen-bond acceptors (Lipinski definition) is 4. The molecule has 1 aromatic heterocycles. The number of imidazole rings is 1. The number of nitrogen functional groups attached to an aromatic ring is 1. The highest BCUT2D eigenvalue weighted by molar-refractivity contribution is 6.17. The van der Waals surface area contributed by atoms with Crippen LogP contribution in [0.1, 0.15) is 17.7 Å². The van der Waals surface area contributed by atoms with Crippen LogP contribution in [0.4, 0.5) is 5.95 Å². The minimum Gasteiger partial charge on any atom is -0.494 e. The number of nitrogens with zero attached hydrogens (tertiary/aromatic N) is 3. The minimum atomic E-state index is 0.375. The molecule has 6 heteroatoms. The smallest absolute Gasteiger partial charge is 0.221 e. The molecule has 2 N–H and O–H groups in total. The molecule has 0 bridgehead atoms. The van der Waals surface area contributed by atoms with Crippen LogP contribution in [0.15, 0.2) is 35.6 Å². The van der Waals surface area contributed by atoms with E-state index in [0.717, 1.165) is 23.4 Å². The molecule has 106 valence electrons. The molecule has 2 rings (SSSR count). The van der Waals surface area contributed by atoms with Gasteiger partial charge in [-0.1, -0.05) is 0 Å². The number of rotatable bonds is 6. The van der Waals surface area contributed by atoms with E-state index in [1.807, 2.05) is 31.2 Å². The van der Waals surface area contributed by atoms with Crippen molar-refractivity contribution >= 4 is 23.8 Å². The Labute approximate surface area is 123 Å². The van der Waals surface area contributed by atoms with E-state index in [9.17, 15) is 0 Å². The first-order chi connectivity index (χ1) is 9.69. The van der Waals surface area contributed by atoms with Crippen LogP contribution in [-0.2, 0) is 0 Å². The Balaban J connectivity index is 1.98. The number of ether oxygens (including phenoxy) is 1. The van der Waals surface area contributed by atoms with Crippen molar-refractivity contribution in [2.24, 2.45) is 5.10 Å². The summed E-state index contributed by atoms with van der Waals surface area (Å²) in [5.74, 6) is 1.81. The van der Waals surface area contributed by atoms with Gasteiger partial charge in [0.25, 0.3) is 0 Å². The number of hydrogen-bond donors (Lipinski definition) is 1. The second-order valence-corrected chi connectivity index (χ2v) is 4.67. The Bertz CT molecular complexity index is 577. The molecule has 1 heterocycles. The van der Waals surface area contributed by atoms with Gasteiger partial charge in [0.1, 0.15) is 5.75 Å². The van der Waals surface area contributed by atoms with Crippen LogP contribution >= 0.6 is 11.6 Å². The van der Waals surface area contributed by atoms with Gasteiger partial charge < -0.3 is 10.5 Å². The van der Waals surface area contributed by atoms with E-state index in [2.05, 4.69) is 10.1 Å². The number of alkyl halides is 1. The lowest BCUT2D eigenvalue weighted by Gasteiger charge is -2.04. The van der Waals surface area contributed by atoms with Gasteiger partial charge >= 0.3 is 0 Å². The molecule has 0 unspecified atom stereocenters. The quantitative estimate of drug-likeness (QED) is 0.506. The summed E-state index contributed by atoms with van der Waals surface area (Å²) in [4.78, 5) is 4.08. The Morgan fingerprint density at radius 3 is 2.75 bits per heavy atom. The van der Waals surface area contributed by atoms with Gasteiger partial charge in [0.15, 0.2) is 0 Å². The van der Waals surface area contributed by atoms with Crippen molar-refractivity contribution in [1.29, 1.82) is 0 Å². The first-order valence-corrected chi connectivity index (χ1v) is 6.87. The lowest BCUT2D eigenvalue weighted by atomic mass is 10.2. The van der Waals surface area contributed by atoms with E-state index in [1.54, 1.807) is 17.1 Å². The van der Waals surface area contributed by atoms with Crippen LogP contribution in [0.2, 0.25) is 0 Å². The second-order valence-electron chi connectivity index (χ2n) is 4.29. The minimum absolute atomic E-state index is 0.375. The average Bonchev–Trinajstić information content (AvgIpc) is 2.76. The molecule has 0 atom stereocenters. The van der Waals surface area contributed by atoms with Gasteiger partial charge in [0.05, 0.1) is 24.7 Å². The SMILES string of the molecule is Cc1cn(N=Cc2ccc(OCCCCl)cc2)c(N)n1. The van der Waals surface area contributed by atoms with Crippen molar-refractivity contribution in [1.82, 2.24) is 9.66 Å². The summed E-state index contributed by atoms with van der Waals surface area (Å²) in [6.45, 7) is 2.50. The number of anilines is 1. The van der Waals surface area contributed by atoms with Crippen molar-refractivity contribution in [3.63, 3.8) is 0 Å². The molecule has 0 aliphatic heterocycles. The molecule has 1 aromatic carbocycles. The molecular weight excluding hydrogens is 276 g/mol. The predicted molar refractivity (Wildman–Crippen MR) is 81.6 cm³/mol. The highest BCUT2D eigenvalue weighted by Gasteiger charge is 1.98. The second kappa shape index (κ2) is 6.96. The van der Waals surface area contributed by atoms with E-state index in [-0.39, 0.29) is 0 Å². The Morgan fingerprint density at radius 1 is 1.40 bits per heavy atom. The number of aromatic nitrogens is 2. The third kappa shape index (κ3) is 3.99. The number of aryl methyl sites for hydroxylation is 1. The summed E-state index contributed by atoms with van der Waals surface area (Å²) in [5.41, 5.74) is 7.50. The van der Waals surface area contributed by atoms with Gasteiger partial charge in [0.2, 0.25) is 5.95 Å². The summed E-state index contributed by atoms with van der Waals surface area (Å²) < 4.78 is 7.06. The van der Waals surface area contributed by atoms with Gasteiger partial charge in [-0.25, -0.2) is 9.66 Å². The molecule has 0 amide bonds. The van der Waals surface area contributed by atoms with Crippen molar-refractivity contribution in [2.45, 2.75) is 13.3 Å². The van der Waals surface area contributed by atoms with Gasteiger partial charge in [-0.2, -0.15) is 5.10 Å². The zero-order valence-electron chi connectivity index (χ0n) is 11.3. The lowest BCUT2D eigenvalue weighted by Crippen LogP contribution is -1.98. The monoisotopic (exact) mass is 292 g/mol. The molecular formula is C14H17ClN4O. The van der Waals surface area contributed by atoms with E-state index in [4.69, 9.17) is 22.1 Å². The van der Waals surface area contributed by atoms with Gasteiger partial charge in [-0.15, -0.1) is 11.6 Å². The van der Waals surface area contributed by atoms with Gasteiger partial charge in [-0.05, 0) is 43.2 Å². The zero-order chi connectivity index (χ0) is 14.4. The van der Waals surface area contributed by atoms with E-state index < -0.39 is 0 Å². The van der Waals surface area contributed by atoms with E-state index in [1.165, 1.54) is 0 Å².